The summed E-state index contributed by atoms with van der Waals surface area (Å²) in [6.07, 6.45) is 13.8. The van der Waals surface area contributed by atoms with E-state index < -0.39 is 0 Å². The lowest BCUT2D eigenvalue weighted by atomic mass is 9.86. The first-order chi connectivity index (χ1) is 10.3. The van der Waals surface area contributed by atoms with Crippen LogP contribution in [0.15, 0.2) is 6.20 Å². The highest BCUT2D eigenvalue weighted by atomic mass is 16.1. The molecule has 1 fully saturated rings. The number of carbonyl (C=O) groups excluding carboxylic acids is 1. The zero-order chi connectivity index (χ0) is 14.9. The van der Waals surface area contributed by atoms with Crippen molar-refractivity contribution in [1.82, 2.24) is 15.5 Å². The van der Waals surface area contributed by atoms with Crippen molar-refractivity contribution < 1.29 is 4.79 Å². The largest absolute Gasteiger partial charge is 0.356 e. The van der Waals surface area contributed by atoms with Crippen molar-refractivity contribution in [2.24, 2.45) is 5.92 Å². The summed E-state index contributed by atoms with van der Waals surface area (Å²) < 4.78 is 0. The maximum Gasteiger partial charge on any atom is 0.219 e. The monoisotopic (exact) mass is 291 g/mol. The number of nitrogens with zero attached hydrogens (tertiary/aromatic N) is 1. The highest BCUT2D eigenvalue weighted by Crippen LogP contribution is 2.27. The van der Waals surface area contributed by atoms with E-state index in [-0.39, 0.29) is 5.91 Å². The molecule has 0 bridgehead atoms. The molecule has 0 saturated heterocycles. The molecule has 1 amide bonds. The second kappa shape index (κ2) is 8.85. The number of rotatable bonds is 8. The Hall–Kier alpha value is -1.32. The van der Waals surface area contributed by atoms with Crippen LogP contribution in [0, 0.1) is 12.8 Å². The lowest BCUT2D eigenvalue weighted by Crippen LogP contribution is -2.24. The van der Waals surface area contributed by atoms with Crippen LogP contribution < -0.4 is 5.32 Å². The van der Waals surface area contributed by atoms with Crippen LogP contribution in [-0.4, -0.2) is 22.6 Å². The van der Waals surface area contributed by atoms with E-state index in [1.165, 1.54) is 44.1 Å². The van der Waals surface area contributed by atoms with E-state index in [1.807, 2.05) is 13.1 Å². The van der Waals surface area contributed by atoms with Crippen LogP contribution in [0.25, 0.3) is 0 Å². The SMILES string of the molecule is Cc1[nH]ncc1CCCNC(=O)CCCC1CCCCC1. The molecule has 1 aromatic heterocycles. The van der Waals surface area contributed by atoms with Crippen molar-refractivity contribution in [3.05, 3.63) is 17.5 Å². The zero-order valence-electron chi connectivity index (χ0n) is 13.3. The molecule has 4 nitrogen and oxygen atoms in total. The smallest absolute Gasteiger partial charge is 0.219 e. The minimum Gasteiger partial charge on any atom is -0.356 e. The van der Waals surface area contributed by atoms with Crippen LogP contribution in [0.2, 0.25) is 0 Å². The number of aromatic amines is 1. The predicted molar refractivity (Wildman–Crippen MR) is 85.1 cm³/mol. The van der Waals surface area contributed by atoms with Crippen LogP contribution in [0.5, 0.6) is 0 Å². The fourth-order valence-electron chi connectivity index (χ4n) is 3.25. The summed E-state index contributed by atoms with van der Waals surface area (Å²) >= 11 is 0. The van der Waals surface area contributed by atoms with E-state index in [0.29, 0.717) is 6.42 Å². The van der Waals surface area contributed by atoms with E-state index in [1.54, 1.807) is 0 Å². The first-order valence-corrected chi connectivity index (χ1v) is 8.51. The van der Waals surface area contributed by atoms with Crippen LogP contribution in [0.1, 0.15) is 69.0 Å². The minimum absolute atomic E-state index is 0.217. The third-order valence-electron chi connectivity index (χ3n) is 4.62. The molecule has 2 rings (SSSR count). The number of amides is 1. The Labute approximate surface area is 128 Å². The molecule has 0 atom stereocenters. The van der Waals surface area contributed by atoms with Crippen LogP contribution in [-0.2, 0) is 11.2 Å². The molecule has 1 aliphatic carbocycles. The Morgan fingerprint density at radius 2 is 2.14 bits per heavy atom. The van der Waals surface area contributed by atoms with E-state index in [2.05, 4.69) is 15.5 Å². The molecule has 1 heterocycles. The van der Waals surface area contributed by atoms with Crippen molar-refractivity contribution >= 4 is 5.91 Å². The Morgan fingerprint density at radius 3 is 2.86 bits per heavy atom. The number of H-pyrrole nitrogens is 1. The van der Waals surface area contributed by atoms with Crippen molar-refractivity contribution in [1.29, 1.82) is 0 Å². The van der Waals surface area contributed by atoms with Gasteiger partial charge in [-0.25, -0.2) is 0 Å². The standard InChI is InChI=1S/C17H29N3O/c1-14-16(13-19-20-14)10-6-12-18-17(21)11-5-9-15-7-3-2-4-8-15/h13,15H,2-12H2,1H3,(H,18,21)(H,19,20). The van der Waals surface area contributed by atoms with Gasteiger partial charge in [0.15, 0.2) is 0 Å². The van der Waals surface area contributed by atoms with Gasteiger partial charge in [-0.3, -0.25) is 9.89 Å². The molecule has 1 aliphatic rings. The van der Waals surface area contributed by atoms with Crippen LogP contribution >= 0.6 is 0 Å². The third-order valence-corrected chi connectivity index (χ3v) is 4.62. The quantitative estimate of drug-likeness (QED) is 0.720. The van der Waals surface area contributed by atoms with Crippen molar-refractivity contribution in [2.75, 3.05) is 6.54 Å². The first-order valence-electron chi connectivity index (χ1n) is 8.51. The molecule has 21 heavy (non-hydrogen) atoms. The van der Waals surface area contributed by atoms with Gasteiger partial charge in [0.1, 0.15) is 0 Å². The van der Waals surface area contributed by atoms with Gasteiger partial charge in [-0.1, -0.05) is 32.1 Å². The summed E-state index contributed by atoms with van der Waals surface area (Å²) in [5.74, 6) is 1.10. The van der Waals surface area contributed by atoms with Gasteiger partial charge < -0.3 is 5.32 Å². The Balaban J connectivity index is 1.48. The van der Waals surface area contributed by atoms with E-state index >= 15 is 0 Å². The van der Waals surface area contributed by atoms with Gasteiger partial charge in [-0.05, 0) is 44.1 Å². The van der Waals surface area contributed by atoms with Gasteiger partial charge in [0, 0.05) is 18.7 Å². The fourth-order valence-corrected chi connectivity index (χ4v) is 3.25. The normalized spacial score (nSPS) is 16.0. The number of aryl methyl sites for hydroxylation is 2. The van der Waals surface area contributed by atoms with Gasteiger partial charge >= 0.3 is 0 Å². The highest BCUT2D eigenvalue weighted by molar-refractivity contribution is 5.75. The minimum atomic E-state index is 0.217. The van der Waals surface area contributed by atoms with Gasteiger partial charge in [0.05, 0.1) is 6.20 Å². The molecule has 0 radical (unpaired) electrons. The lowest BCUT2D eigenvalue weighted by molar-refractivity contribution is -0.121. The van der Waals surface area contributed by atoms with Crippen molar-refractivity contribution in [3.63, 3.8) is 0 Å². The summed E-state index contributed by atoms with van der Waals surface area (Å²) in [6, 6.07) is 0. The number of aromatic nitrogens is 2. The molecule has 2 N–H and O–H groups in total. The predicted octanol–water partition coefficient (Wildman–Crippen LogP) is 3.52. The molecule has 0 aliphatic heterocycles. The van der Waals surface area contributed by atoms with Gasteiger partial charge in [0.25, 0.3) is 0 Å². The van der Waals surface area contributed by atoms with Crippen molar-refractivity contribution in [3.8, 4) is 0 Å². The molecular formula is C17H29N3O. The van der Waals surface area contributed by atoms with Crippen LogP contribution in [0.3, 0.4) is 0 Å². The summed E-state index contributed by atoms with van der Waals surface area (Å²) in [6.45, 7) is 2.80. The molecule has 1 aromatic rings. The van der Waals surface area contributed by atoms with Gasteiger partial charge in [-0.2, -0.15) is 5.10 Å². The number of hydrogen-bond acceptors (Lipinski definition) is 2. The molecule has 1 saturated carbocycles. The molecule has 0 spiro atoms. The van der Waals surface area contributed by atoms with Gasteiger partial charge in [0.2, 0.25) is 5.91 Å². The second-order valence-electron chi connectivity index (χ2n) is 6.37. The summed E-state index contributed by atoms with van der Waals surface area (Å²) in [5, 5.41) is 9.98. The maximum absolute atomic E-state index is 11.8. The number of carbonyl (C=O) groups is 1. The average Bonchev–Trinajstić information content (AvgIpc) is 2.90. The van der Waals surface area contributed by atoms with Crippen LogP contribution in [0.4, 0.5) is 0 Å². The zero-order valence-corrected chi connectivity index (χ0v) is 13.3. The van der Waals surface area contributed by atoms with Crippen molar-refractivity contribution in [2.45, 2.75) is 71.1 Å². The molecule has 0 unspecified atom stereocenters. The lowest BCUT2D eigenvalue weighted by Gasteiger charge is -2.21. The topological polar surface area (TPSA) is 57.8 Å². The summed E-state index contributed by atoms with van der Waals surface area (Å²) in [4.78, 5) is 11.8. The third kappa shape index (κ3) is 5.90. The molecule has 4 heteroatoms. The number of nitrogens with one attached hydrogen (secondary N) is 2. The Kier molecular flexibility index (Phi) is 6.77. The molecular weight excluding hydrogens is 262 g/mol. The van der Waals surface area contributed by atoms with E-state index in [0.717, 1.165) is 37.4 Å². The Bertz CT molecular complexity index is 421. The summed E-state index contributed by atoms with van der Waals surface area (Å²) in [7, 11) is 0. The fraction of sp³-hybridized carbons (Fsp3) is 0.765. The number of hydrogen-bond donors (Lipinski definition) is 2. The highest BCUT2D eigenvalue weighted by Gasteiger charge is 2.13. The van der Waals surface area contributed by atoms with E-state index in [9.17, 15) is 4.79 Å². The average molecular weight is 291 g/mol. The van der Waals surface area contributed by atoms with Gasteiger partial charge in [-0.15, -0.1) is 0 Å². The Morgan fingerprint density at radius 1 is 1.33 bits per heavy atom. The summed E-state index contributed by atoms with van der Waals surface area (Å²) in [5.41, 5.74) is 2.38. The van der Waals surface area contributed by atoms with E-state index in [4.69, 9.17) is 0 Å². The molecule has 0 aromatic carbocycles. The maximum atomic E-state index is 11.8. The molecule has 118 valence electrons. The first kappa shape index (κ1) is 16.1. The second-order valence-corrected chi connectivity index (χ2v) is 6.37.